The van der Waals surface area contributed by atoms with Gasteiger partial charge in [0.05, 0.1) is 18.1 Å². The molecule has 0 spiro atoms. The second kappa shape index (κ2) is 9.45. The lowest BCUT2D eigenvalue weighted by atomic mass is 10.0. The van der Waals surface area contributed by atoms with Crippen molar-refractivity contribution in [2.24, 2.45) is 0 Å². The number of benzene rings is 2. The molecule has 0 aliphatic heterocycles. The average Bonchev–Trinajstić information content (AvgIpc) is 3.43. The van der Waals surface area contributed by atoms with Gasteiger partial charge in [-0.2, -0.15) is 0 Å². The maximum absolute atomic E-state index is 6.34. The lowest BCUT2D eigenvalue weighted by Crippen LogP contribution is -2.27. The fraction of sp³-hybridized carbons (Fsp3) is 0.280. The summed E-state index contributed by atoms with van der Waals surface area (Å²) in [6, 6.07) is 16.2. The zero-order valence-corrected chi connectivity index (χ0v) is 19.0. The number of hydrogen-bond donors (Lipinski definition) is 1. The lowest BCUT2D eigenvalue weighted by Gasteiger charge is -2.18. The van der Waals surface area contributed by atoms with E-state index in [2.05, 4.69) is 30.9 Å². The molecule has 0 atom stereocenters. The summed E-state index contributed by atoms with van der Waals surface area (Å²) in [6.07, 6.45) is 0. The van der Waals surface area contributed by atoms with Gasteiger partial charge in [-0.05, 0) is 59.9 Å². The van der Waals surface area contributed by atoms with Gasteiger partial charge in [0.1, 0.15) is 23.7 Å². The van der Waals surface area contributed by atoms with Crippen LogP contribution in [0.15, 0.2) is 58.3 Å². The molecule has 31 heavy (non-hydrogen) atoms. The Balaban J connectivity index is 1.79. The number of thiophene rings is 1. The van der Waals surface area contributed by atoms with Crippen LogP contribution >= 0.6 is 11.3 Å². The summed E-state index contributed by atoms with van der Waals surface area (Å²) in [5.41, 5.74) is 10.0. The fourth-order valence-electron chi connectivity index (χ4n) is 3.76. The summed E-state index contributed by atoms with van der Waals surface area (Å²) < 4.78 is 17.6. The number of anilines is 1. The van der Waals surface area contributed by atoms with E-state index in [4.69, 9.17) is 19.6 Å². The summed E-state index contributed by atoms with van der Waals surface area (Å²) in [6.45, 7) is 7.79. The Kier molecular flexibility index (Phi) is 6.49. The molecule has 2 aromatic carbocycles. The monoisotopic (exact) mass is 436 g/mol. The maximum atomic E-state index is 6.34. The molecule has 0 aliphatic rings. The molecule has 0 unspecified atom stereocenters. The van der Waals surface area contributed by atoms with Gasteiger partial charge in [-0.1, -0.05) is 32.0 Å². The number of nitrogen functional groups attached to an aromatic ring is 1. The molecule has 2 heterocycles. The average molecular weight is 437 g/mol. The van der Waals surface area contributed by atoms with E-state index < -0.39 is 0 Å². The number of ether oxygens (including phenoxy) is 2. The Morgan fingerprint density at radius 1 is 1.03 bits per heavy atom. The number of furan rings is 1. The van der Waals surface area contributed by atoms with Crippen molar-refractivity contribution in [2.75, 3.05) is 39.1 Å². The quantitative estimate of drug-likeness (QED) is 0.341. The second-order valence-corrected chi connectivity index (χ2v) is 8.22. The minimum atomic E-state index is 0.415. The van der Waals surface area contributed by atoms with Gasteiger partial charge in [0.2, 0.25) is 5.88 Å². The summed E-state index contributed by atoms with van der Waals surface area (Å²) in [5, 5.41) is 2.97. The van der Waals surface area contributed by atoms with Crippen LogP contribution < -0.4 is 15.2 Å². The van der Waals surface area contributed by atoms with Crippen LogP contribution in [-0.2, 0) is 0 Å². The van der Waals surface area contributed by atoms with E-state index in [0.717, 1.165) is 63.7 Å². The first kappa shape index (κ1) is 21.3. The van der Waals surface area contributed by atoms with Crippen LogP contribution in [0.1, 0.15) is 13.8 Å². The molecule has 0 aliphatic carbocycles. The molecule has 0 saturated heterocycles. The predicted octanol–water partition coefficient (Wildman–Crippen LogP) is 6.14. The fourth-order valence-corrected chi connectivity index (χ4v) is 4.54. The Hall–Kier alpha value is -2.96. The highest BCUT2D eigenvalue weighted by atomic mass is 32.1. The normalized spacial score (nSPS) is 11.4. The van der Waals surface area contributed by atoms with Crippen LogP contribution in [0.3, 0.4) is 0 Å². The third-order valence-corrected chi connectivity index (χ3v) is 6.42. The zero-order valence-electron chi connectivity index (χ0n) is 18.2. The van der Waals surface area contributed by atoms with Crippen molar-refractivity contribution in [3.63, 3.8) is 0 Å². The van der Waals surface area contributed by atoms with Gasteiger partial charge in [-0.3, -0.25) is 0 Å². The van der Waals surface area contributed by atoms with Crippen molar-refractivity contribution in [3.05, 3.63) is 53.9 Å². The van der Waals surface area contributed by atoms with E-state index >= 15 is 0 Å². The summed E-state index contributed by atoms with van der Waals surface area (Å²) in [7, 11) is 1.67. The van der Waals surface area contributed by atoms with Gasteiger partial charge in [0.15, 0.2) is 0 Å². The van der Waals surface area contributed by atoms with Gasteiger partial charge >= 0.3 is 0 Å². The highest BCUT2D eigenvalue weighted by Crippen LogP contribution is 2.45. The van der Waals surface area contributed by atoms with Crippen LogP contribution in [0, 0.1) is 0 Å². The molecule has 0 saturated carbocycles. The largest absolute Gasteiger partial charge is 0.497 e. The second-order valence-electron chi connectivity index (χ2n) is 7.27. The van der Waals surface area contributed by atoms with Crippen LogP contribution in [0.25, 0.3) is 32.5 Å². The molecule has 0 bridgehead atoms. The van der Waals surface area contributed by atoms with E-state index in [1.165, 1.54) is 0 Å². The molecule has 0 amide bonds. The summed E-state index contributed by atoms with van der Waals surface area (Å²) in [4.78, 5) is 3.41. The number of nitrogens with two attached hydrogens (primary N) is 1. The van der Waals surface area contributed by atoms with Crippen LogP contribution in [0.5, 0.6) is 11.5 Å². The zero-order chi connectivity index (χ0) is 21.8. The molecule has 0 fully saturated rings. The first-order valence-corrected chi connectivity index (χ1v) is 11.4. The SMILES string of the molecule is CCN(CC)CCOc1cc(-c2ccc(OC)cc2)cc2oc(N)c(-c3cccs3)c12. The van der Waals surface area contributed by atoms with E-state index in [0.29, 0.717) is 12.5 Å². The van der Waals surface area contributed by atoms with Crippen molar-refractivity contribution >= 4 is 28.2 Å². The molecule has 0 radical (unpaired) electrons. The van der Waals surface area contributed by atoms with Crippen molar-refractivity contribution in [2.45, 2.75) is 13.8 Å². The molecule has 4 aromatic rings. The smallest absolute Gasteiger partial charge is 0.200 e. The van der Waals surface area contributed by atoms with Crippen molar-refractivity contribution in [1.29, 1.82) is 0 Å². The Bertz CT molecular complexity index is 1130. The van der Waals surface area contributed by atoms with Crippen LogP contribution in [-0.4, -0.2) is 38.3 Å². The number of nitrogens with zero attached hydrogens (tertiary/aromatic N) is 1. The van der Waals surface area contributed by atoms with Gasteiger partial charge in [-0.25, -0.2) is 0 Å². The highest BCUT2D eigenvalue weighted by Gasteiger charge is 2.20. The molecular weight excluding hydrogens is 408 g/mol. The summed E-state index contributed by atoms with van der Waals surface area (Å²) >= 11 is 1.64. The number of rotatable bonds is 9. The van der Waals surface area contributed by atoms with Gasteiger partial charge < -0.3 is 24.5 Å². The van der Waals surface area contributed by atoms with Crippen LogP contribution in [0.2, 0.25) is 0 Å². The highest BCUT2D eigenvalue weighted by molar-refractivity contribution is 7.13. The molecule has 4 rings (SSSR count). The van der Waals surface area contributed by atoms with E-state index in [-0.39, 0.29) is 0 Å². The van der Waals surface area contributed by atoms with Crippen molar-refractivity contribution in [3.8, 4) is 33.1 Å². The number of hydrogen-bond acceptors (Lipinski definition) is 6. The minimum Gasteiger partial charge on any atom is -0.497 e. The molecule has 2 aromatic heterocycles. The van der Waals surface area contributed by atoms with E-state index in [1.54, 1.807) is 18.4 Å². The first-order chi connectivity index (χ1) is 15.1. The first-order valence-electron chi connectivity index (χ1n) is 10.5. The lowest BCUT2D eigenvalue weighted by molar-refractivity contribution is 0.224. The third kappa shape index (κ3) is 4.40. The van der Waals surface area contributed by atoms with Gasteiger partial charge in [0.25, 0.3) is 0 Å². The number of fused-ring (bicyclic) bond motifs is 1. The molecule has 5 nitrogen and oxygen atoms in total. The van der Waals surface area contributed by atoms with Gasteiger partial charge in [-0.15, -0.1) is 11.3 Å². The molecule has 6 heteroatoms. The van der Waals surface area contributed by atoms with Crippen LogP contribution in [0.4, 0.5) is 5.88 Å². The predicted molar refractivity (Wildman–Crippen MR) is 129 cm³/mol. The third-order valence-electron chi connectivity index (χ3n) is 5.53. The Labute approximate surface area is 187 Å². The van der Waals surface area contributed by atoms with Crippen molar-refractivity contribution < 1.29 is 13.9 Å². The van der Waals surface area contributed by atoms with E-state index in [1.807, 2.05) is 41.8 Å². The standard InChI is InChI=1S/C25H28N2O3S/c1-4-27(5-2)12-13-29-20-15-18(17-8-10-19(28-3)11-9-17)16-21-23(20)24(25(26)30-21)22-7-6-14-31-22/h6-11,14-16H,4-5,12-13,26H2,1-3H3. The number of methoxy groups -OCH3 is 1. The molecular formula is C25H28N2O3S. The Morgan fingerprint density at radius 3 is 2.45 bits per heavy atom. The maximum Gasteiger partial charge on any atom is 0.200 e. The van der Waals surface area contributed by atoms with E-state index in [9.17, 15) is 0 Å². The van der Waals surface area contributed by atoms with Crippen molar-refractivity contribution in [1.82, 2.24) is 4.90 Å². The molecule has 2 N–H and O–H groups in total. The minimum absolute atomic E-state index is 0.415. The summed E-state index contributed by atoms with van der Waals surface area (Å²) in [5.74, 6) is 2.03. The topological polar surface area (TPSA) is 60.9 Å². The number of likely N-dealkylation sites (N-methyl/N-ethyl adjacent to an activating group) is 1. The van der Waals surface area contributed by atoms with Gasteiger partial charge in [0, 0.05) is 11.4 Å². The molecule has 162 valence electrons. The Morgan fingerprint density at radius 2 is 1.81 bits per heavy atom.